The van der Waals surface area contributed by atoms with Gasteiger partial charge in [-0.3, -0.25) is 4.79 Å². The van der Waals surface area contributed by atoms with Gasteiger partial charge in [-0.2, -0.15) is 0 Å². The topological polar surface area (TPSA) is 85.2 Å². The number of hydrogen-bond acceptors (Lipinski definition) is 5. The van der Waals surface area contributed by atoms with Crippen molar-refractivity contribution in [3.63, 3.8) is 0 Å². The lowest BCUT2D eigenvalue weighted by molar-refractivity contribution is 0.0768. The number of anilines is 2. The SMILES string of the molecule is Nc1nccc(-c2ccc(CN3Cc4cc(C5CC5)sc4C3=O)c(F)c2)c1N. The molecule has 1 amide bonds. The molecule has 3 aromatic rings. The molecule has 142 valence electrons. The van der Waals surface area contributed by atoms with Crippen LogP contribution in [0.25, 0.3) is 11.1 Å². The number of nitrogens with zero attached hydrogens (tertiary/aromatic N) is 2. The highest BCUT2D eigenvalue weighted by atomic mass is 32.1. The number of rotatable bonds is 4. The van der Waals surface area contributed by atoms with Crippen molar-refractivity contribution in [2.75, 3.05) is 11.5 Å². The van der Waals surface area contributed by atoms with Crippen LogP contribution in [-0.2, 0) is 13.1 Å². The number of benzene rings is 1. The molecule has 2 aromatic heterocycles. The lowest BCUT2D eigenvalue weighted by Gasteiger charge is -2.17. The molecule has 5 rings (SSSR count). The van der Waals surface area contributed by atoms with Gasteiger partial charge in [-0.1, -0.05) is 12.1 Å². The van der Waals surface area contributed by atoms with Crippen molar-refractivity contribution in [3.05, 3.63) is 63.2 Å². The number of thiophene rings is 1. The summed E-state index contributed by atoms with van der Waals surface area (Å²) in [5.74, 6) is 0.508. The van der Waals surface area contributed by atoms with Gasteiger partial charge < -0.3 is 16.4 Å². The highest BCUT2D eigenvalue weighted by Crippen LogP contribution is 2.46. The number of aromatic nitrogens is 1. The summed E-state index contributed by atoms with van der Waals surface area (Å²) in [6.07, 6.45) is 4.00. The summed E-state index contributed by atoms with van der Waals surface area (Å²) in [5.41, 5.74) is 14.9. The smallest absolute Gasteiger partial charge is 0.264 e. The first-order chi connectivity index (χ1) is 13.5. The lowest BCUT2D eigenvalue weighted by Crippen LogP contribution is -2.23. The lowest BCUT2D eigenvalue weighted by atomic mass is 10.0. The summed E-state index contributed by atoms with van der Waals surface area (Å²) in [7, 11) is 0. The van der Waals surface area contributed by atoms with Crippen LogP contribution in [0.1, 0.15) is 44.4 Å². The molecule has 7 heteroatoms. The highest BCUT2D eigenvalue weighted by Gasteiger charge is 2.34. The second-order valence-corrected chi connectivity index (χ2v) is 8.49. The zero-order chi connectivity index (χ0) is 19.4. The van der Waals surface area contributed by atoms with Gasteiger partial charge in [0.05, 0.1) is 10.6 Å². The monoisotopic (exact) mass is 394 g/mol. The van der Waals surface area contributed by atoms with Gasteiger partial charge in [0.1, 0.15) is 11.6 Å². The van der Waals surface area contributed by atoms with Gasteiger partial charge in [-0.05, 0) is 48.1 Å². The standard InChI is InChI=1S/C21H19FN4OS/c22-16-7-12(15-5-6-25-20(24)18(15)23)3-4-13(16)9-26-10-14-8-17(11-1-2-11)28-19(14)21(26)27/h3-8,11H,1-2,9-10,23H2,(H2,24,25). The van der Waals surface area contributed by atoms with E-state index in [1.54, 1.807) is 40.6 Å². The molecule has 4 N–H and O–H groups in total. The van der Waals surface area contributed by atoms with E-state index in [9.17, 15) is 9.18 Å². The van der Waals surface area contributed by atoms with E-state index in [1.807, 2.05) is 0 Å². The first-order valence-electron chi connectivity index (χ1n) is 9.22. The van der Waals surface area contributed by atoms with Gasteiger partial charge in [0, 0.05) is 35.3 Å². The summed E-state index contributed by atoms with van der Waals surface area (Å²) in [6, 6.07) is 8.80. The van der Waals surface area contributed by atoms with E-state index in [1.165, 1.54) is 23.8 Å². The molecule has 28 heavy (non-hydrogen) atoms. The molecule has 5 nitrogen and oxygen atoms in total. The quantitative estimate of drug-likeness (QED) is 0.696. The molecular weight excluding hydrogens is 375 g/mol. The van der Waals surface area contributed by atoms with Gasteiger partial charge in [0.2, 0.25) is 0 Å². The van der Waals surface area contributed by atoms with Crippen molar-refractivity contribution < 1.29 is 9.18 Å². The maximum absolute atomic E-state index is 14.8. The Morgan fingerprint density at radius 3 is 2.75 bits per heavy atom. The van der Waals surface area contributed by atoms with E-state index < -0.39 is 0 Å². The fourth-order valence-electron chi connectivity index (χ4n) is 3.66. The number of hydrogen-bond donors (Lipinski definition) is 2. The molecule has 1 aliphatic heterocycles. The molecule has 0 spiro atoms. The third-order valence-corrected chi connectivity index (χ3v) is 6.72. The second kappa shape index (κ2) is 6.31. The molecular formula is C21H19FN4OS. The molecule has 1 aliphatic carbocycles. The molecule has 0 saturated heterocycles. The van der Waals surface area contributed by atoms with E-state index in [2.05, 4.69) is 11.1 Å². The van der Waals surface area contributed by atoms with Gasteiger partial charge in [0.25, 0.3) is 5.91 Å². The van der Waals surface area contributed by atoms with Crippen molar-refractivity contribution in [1.82, 2.24) is 9.88 Å². The third kappa shape index (κ3) is 2.82. The van der Waals surface area contributed by atoms with Crippen molar-refractivity contribution in [2.45, 2.75) is 31.8 Å². The average molecular weight is 394 g/mol. The van der Waals surface area contributed by atoms with Gasteiger partial charge >= 0.3 is 0 Å². The Hall–Kier alpha value is -2.93. The minimum absolute atomic E-state index is 0.00142. The van der Waals surface area contributed by atoms with Crippen LogP contribution in [0.15, 0.2) is 36.5 Å². The Labute approximate surface area is 165 Å². The average Bonchev–Trinajstić information content (AvgIpc) is 3.38. The Morgan fingerprint density at radius 2 is 2.04 bits per heavy atom. The maximum atomic E-state index is 14.8. The molecule has 0 bridgehead atoms. The van der Waals surface area contributed by atoms with Crippen molar-refractivity contribution in [3.8, 4) is 11.1 Å². The van der Waals surface area contributed by atoms with E-state index in [-0.39, 0.29) is 24.1 Å². The third-order valence-electron chi connectivity index (χ3n) is 5.40. The fraction of sp³-hybridized carbons (Fsp3) is 0.238. The normalized spacial score (nSPS) is 15.9. The number of nitrogen functional groups attached to an aromatic ring is 2. The van der Waals surface area contributed by atoms with Gasteiger partial charge in [-0.15, -0.1) is 11.3 Å². The number of fused-ring (bicyclic) bond motifs is 1. The zero-order valence-corrected chi connectivity index (χ0v) is 15.9. The van der Waals surface area contributed by atoms with Gasteiger partial charge in [0.15, 0.2) is 0 Å². The molecule has 0 atom stereocenters. The van der Waals surface area contributed by atoms with Crippen LogP contribution in [-0.4, -0.2) is 15.8 Å². The molecule has 0 unspecified atom stereocenters. The minimum Gasteiger partial charge on any atom is -0.395 e. The fourth-order valence-corrected chi connectivity index (χ4v) is 4.97. The summed E-state index contributed by atoms with van der Waals surface area (Å²) >= 11 is 1.61. The second-order valence-electron chi connectivity index (χ2n) is 7.40. The zero-order valence-electron chi connectivity index (χ0n) is 15.1. The summed E-state index contributed by atoms with van der Waals surface area (Å²) in [5, 5.41) is 0. The van der Waals surface area contributed by atoms with Crippen molar-refractivity contribution >= 4 is 28.7 Å². The van der Waals surface area contributed by atoms with Crippen LogP contribution in [0.2, 0.25) is 0 Å². The summed E-state index contributed by atoms with van der Waals surface area (Å²) in [4.78, 5) is 20.5. The molecule has 1 aromatic carbocycles. The number of carbonyl (C=O) groups is 1. The molecule has 1 saturated carbocycles. The Bertz CT molecular complexity index is 1110. The Morgan fingerprint density at radius 1 is 1.21 bits per heavy atom. The van der Waals surface area contributed by atoms with E-state index in [0.29, 0.717) is 34.8 Å². The maximum Gasteiger partial charge on any atom is 0.264 e. The Kier molecular flexibility index (Phi) is 3.87. The first-order valence-corrected chi connectivity index (χ1v) is 10.0. The van der Waals surface area contributed by atoms with Crippen LogP contribution < -0.4 is 11.5 Å². The van der Waals surface area contributed by atoms with Crippen LogP contribution in [0.5, 0.6) is 0 Å². The predicted octanol–water partition coefficient (Wildman–Crippen LogP) is 4.15. The van der Waals surface area contributed by atoms with Crippen LogP contribution in [0, 0.1) is 5.82 Å². The number of amides is 1. The summed E-state index contributed by atoms with van der Waals surface area (Å²) < 4.78 is 14.8. The number of carbonyl (C=O) groups excluding carboxylic acids is 1. The van der Waals surface area contributed by atoms with E-state index in [0.717, 1.165) is 10.4 Å². The number of halogens is 1. The Balaban J connectivity index is 1.37. The van der Waals surface area contributed by atoms with E-state index >= 15 is 0 Å². The van der Waals surface area contributed by atoms with Crippen molar-refractivity contribution in [2.24, 2.45) is 0 Å². The molecule has 0 radical (unpaired) electrons. The molecule has 3 heterocycles. The van der Waals surface area contributed by atoms with E-state index in [4.69, 9.17) is 11.5 Å². The van der Waals surface area contributed by atoms with Crippen LogP contribution in [0.4, 0.5) is 15.9 Å². The predicted molar refractivity (Wildman–Crippen MR) is 108 cm³/mol. The highest BCUT2D eigenvalue weighted by molar-refractivity contribution is 7.14. The number of nitrogens with two attached hydrogens (primary N) is 2. The number of pyridine rings is 1. The largest absolute Gasteiger partial charge is 0.395 e. The first kappa shape index (κ1) is 17.2. The van der Waals surface area contributed by atoms with Crippen LogP contribution in [0.3, 0.4) is 0 Å². The minimum atomic E-state index is -0.367. The van der Waals surface area contributed by atoms with Crippen LogP contribution >= 0.6 is 11.3 Å². The van der Waals surface area contributed by atoms with Gasteiger partial charge in [-0.25, -0.2) is 9.37 Å². The molecule has 2 aliphatic rings. The molecule has 1 fully saturated rings. The summed E-state index contributed by atoms with van der Waals surface area (Å²) in [6.45, 7) is 0.797. The van der Waals surface area contributed by atoms with Crippen molar-refractivity contribution in [1.29, 1.82) is 0 Å².